The van der Waals surface area contributed by atoms with E-state index in [9.17, 15) is 38.9 Å². The summed E-state index contributed by atoms with van der Waals surface area (Å²) in [5, 5.41) is 41.4. The highest BCUT2D eigenvalue weighted by molar-refractivity contribution is 6.10. The number of fused-ring (bicyclic) bond motifs is 1. The van der Waals surface area contributed by atoms with Gasteiger partial charge in [0.25, 0.3) is 11.8 Å². The third-order valence-electron chi connectivity index (χ3n) is 11.8. The molecule has 0 bridgehead atoms. The number of nitrogens with two attached hydrogens (primary N) is 1. The Morgan fingerprint density at radius 3 is 2.46 bits per heavy atom. The maximum Gasteiger partial charge on any atom is 0.404 e. The molecule has 1 fully saturated rings. The first-order chi connectivity index (χ1) is 32.3. The molecule has 4 unspecified atom stereocenters. The van der Waals surface area contributed by atoms with Crippen molar-refractivity contribution in [2.45, 2.75) is 84.2 Å². The van der Waals surface area contributed by atoms with Crippen molar-refractivity contribution < 1.29 is 57.5 Å². The lowest BCUT2D eigenvalue weighted by atomic mass is 9.89. The number of allylic oxidation sites excluding steroid dienone is 2. The van der Waals surface area contributed by atoms with E-state index in [4.69, 9.17) is 29.1 Å². The first kappa shape index (κ1) is 48.7. The molecule has 4 aromatic carbocycles. The fraction of sp³-hybridized carbons (Fsp3) is 0.320. The van der Waals surface area contributed by atoms with Crippen LogP contribution in [0.3, 0.4) is 0 Å². The molecule has 8 rings (SSSR count). The van der Waals surface area contributed by atoms with Crippen LogP contribution in [0.25, 0.3) is 33.1 Å². The number of carbonyl (C=O) groups is 3. The number of aryl methyl sites for hydroxylation is 1. The van der Waals surface area contributed by atoms with E-state index in [1.54, 1.807) is 20.8 Å². The van der Waals surface area contributed by atoms with Crippen molar-refractivity contribution in [3.63, 3.8) is 0 Å². The second-order valence-electron chi connectivity index (χ2n) is 17.3. The van der Waals surface area contributed by atoms with Gasteiger partial charge in [0, 0.05) is 47.9 Å². The maximum atomic E-state index is 13.9. The Bertz CT molecular complexity index is 2990. The molecule has 3 amide bonds. The highest BCUT2D eigenvalue weighted by atomic mass is 19.1. The van der Waals surface area contributed by atoms with Crippen molar-refractivity contribution in [1.82, 2.24) is 15.6 Å². The number of amides is 3. The van der Waals surface area contributed by atoms with Crippen LogP contribution < -0.4 is 32.0 Å². The number of benzene rings is 4. The second-order valence-corrected chi connectivity index (χ2v) is 17.3. The molecule has 18 heteroatoms. The first-order valence-electron chi connectivity index (χ1n) is 21.7. The van der Waals surface area contributed by atoms with E-state index in [2.05, 4.69) is 45.2 Å². The molecule has 358 valence electrons. The number of carbonyl (C=O) groups excluding carboxylic acids is 3. The molecular weight excluding hydrogens is 882 g/mol. The molecular formula is C50H54FN5O12. The number of aliphatic hydroxyl groups is 1. The lowest BCUT2D eigenvalue weighted by Gasteiger charge is -2.47. The summed E-state index contributed by atoms with van der Waals surface area (Å²) in [6.07, 6.45) is -3.09. The molecule has 1 saturated heterocycles. The summed E-state index contributed by atoms with van der Waals surface area (Å²) in [5.41, 5.74) is 9.90. The zero-order valence-electron chi connectivity index (χ0n) is 38.5. The number of phenolic OH excluding ortho intramolecular Hbond substituents is 1. The number of hydrogen-bond donors (Lipinski definition) is 8. The van der Waals surface area contributed by atoms with Gasteiger partial charge in [-0.15, -0.1) is 0 Å². The summed E-state index contributed by atoms with van der Waals surface area (Å²) in [6, 6.07) is 18.2. The topological polar surface area (TPSA) is 257 Å². The van der Waals surface area contributed by atoms with Gasteiger partial charge in [-0.1, -0.05) is 35.9 Å². The minimum atomic E-state index is -1.52. The van der Waals surface area contributed by atoms with Crippen LogP contribution in [0, 0.1) is 12.7 Å². The van der Waals surface area contributed by atoms with Gasteiger partial charge in [-0.3, -0.25) is 9.59 Å². The molecule has 0 radical (unpaired) electrons. The molecule has 6 aromatic rings. The molecule has 0 spiro atoms. The molecule has 68 heavy (non-hydrogen) atoms. The number of ether oxygens (including phenoxy) is 4. The van der Waals surface area contributed by atoms with Gasteiger partial charge in [-0.2, -0.15) is 0 Å². The third kappa shape index (κ3) is 10.0. The zero-order chi connectivity index (χ0) is 49.2. The SMILES string of the molecule is CNCc1ccc(-c2[nH]c3cc(F)cc4c3c2CCNC4=O)cc1.COC1C(OC(N)=O)C(O)C(Oc2ccc3c(O)c(NC(=O)c4ccc(O)c(CC=C(C)C)c4)c(=O)oc3c2C)OC1(C)C. The predicted molar refractivity (Wildman–Crippen MR) is 251 cm³/mol. The summed E-state index contributed by atoms with van der Waals surface area (Å²) in [4.78, 5) is 53.0. The number of rotatable bonds is 11. The Balaban J connectivity index is 0.000000238. The lowest BCUT2D eigenvalue weighted by Crippen LogP contribution is -2.65. The summed E-state index contributed by atoms with van der Waals surface area (Å²) >= 11 is 0. The van der Waals surface area contributed by atoms with Gasteiger partial charge >= 0.3 is 11.7 Å². The van der Waals surface area contributed by atoms with Crippen molar-refractivity contribution in [2.75, 3.05) is 26.0 Å². The number of aromatic hydroxyl groups is 2. The quantitative estimate of drug-likeness (QED) is 0.0504. The number of primary amides is 1. The van der Waals surface area contributed by atoms with Crippen LogP contribution in [0.5, 0.6) is 17.2 Å². The Morgan fingerprint density at radius 2 is 1.78 bits per heavy atom. The molecule has 17 nitrogen and oxygen atoms in total. The smallest absolute Gasteiger partial charge is 0.404 e. The summed E-state index contributed by atoms with van der Waals surface area (Å²) in [6.45, 7) is 10.0. The fourth-order valence-corrected chi connectivity index (χ4v) is 8.49. The molecule has 2 aliphatic rings. The number of H-pyrrole nitrogens is 1. The molecule has 4 heterocycles. The molecule has 4 atom stereocenters. The summed E-state index contributed by atoms with van der Waals surface area (Å²) in [7, 11) is 3.28. The average Bonchev–Trinajstić information content (AvgIpc) is 3.56. The van der Waals surface area contributed by atoms with Crippen LogP contribution in [0.2, 0.25) is 0 Å². The molecule has 2 aromatic heterocycles. The third-order valence-corrected chi connectivity index (χ3v) is 11.8. The van der Waals surface area contributed by atoms with Crippen molar-refractivity contribution in [1.29, 1.82) is 0 Å². The number of aromatic amines is 1. The number of phenols is 1. The average molecular weight is 936 g/mol. The Hall–Kier alpha value is -7.25. The second kappa shape index (κ2) is 19.9. The Morgan fingerprint density at radius 1 is 1.04 bits per heavy atom. The van der Waals surface area contributed by atoms with E-state index in [1.807, 2.05) is 27.0 Å². The van der Waals surface area contributed by atoms with E-state index in [1.165, 1.54) is 55.1 Å². The van der Waals surface area contributed by atoms with E-state index >= 15 is 0 Å². The van der Waals surface area contributed by atoms with Gasteiger partial charge in [-0.25, -0.2) is 14.0 Å². The number of methoxy groups -OCH3 is 1. The normalized spacial score (nSPS) is 18.5. The van der Waals surface area contributed by atoms with Crippen LogP contribution in [0.1, 0.15) is 70.7 Å². The van der Waals surface area contributed by atoms with Crippen LogP contribution in [0.15, 0.2) is 87.6 Å². The number of hydrogen-bond acceptors (Lipinski definition) is 13. The highest BCUT2D eigenvalue weighted by Crippen LogP contribution is 2.39. The van der Waals surface area contributed by atoms with Gasteiger partial charge in [-0.05, 0) is 119 Å². The van der Waals surface area contributed by atoms with Gasteiger partial charge in [0.15, 0.2) is 23.6 Å². The zero-order valence-corrected chi connectivity index (χ0v) is 38.5. The van der Waals surface area contributed by atoms with Crippen LogP contribution >= 0.6 is 0 Å². The van der Waals surface area contributed by atoms with Crippen LogP contribution in [-0.2, 0) is 33.6 Å². The van der Waals surface area contributed by atoms with E-state index < -0.39 is 65.1 Å². The van der Waals surface area contributed by atoms with Crippen LogP contribution in [0.4, 0.5) is 14.9 Å². The fourth-order valence-electron chi connectivity index (χ4n) is 8.49. The lowest BCUT2D eigenvalue weighted by molar-refractivity contribution is -0.304. The Kier molecular flexibility index (Phi) is 14.3. The van der Waals surface area contributed by atoms with Crippen molar-refractivity contribution >= 4 is 45.5 Å². The largest absolute Gasteiger partial charge is 0.508 e. The van der Waals surface area contributed by atoms with E-state index in [-0.39, 0.29) is 39.5 Å². The number of anilines is 1. The van der Waals surface area contributed by atoms with Crippen molar-refractivity contribution in [3.8, 4) is 28.5 Å². The van der Waals surface area contributed by atoms with Gasteiger partial charge in [0.1, 0.15) is 29.0 Å². The standard InChI is InChI=1S/C31H36N2O11.C19H18FN3O/c1-14(2)7-8-16-13-17(9-11-19(16)34)27(37)33-21-22(35)18-10-12-20(15(3)24(18)42-28(21)38)41-29-23(36)25(43-30(32)39)26(40-6)31(4,5)44-29;1-21-10-11-2-4-12(5-3-11)18-14-6-7-22-19(24)15-8-13(20)9-16(23-18)17(14)15/h7,9-13,23,25-26,29,34-36H,8H2,1-6H3,(H2,32,39)(H,33,37);2-5,8-9,21,23H,6-7,10H2,1H3,(H,22,24). The minimum Gasteiger partial charge on any atom is -0.508 e. The number of aromatic nitrogens is 1. The van der Waals surface area contributed by atoms with Crippen LogP contribution in [-0.4, -0.2) is 89.1 Å². The van der Waals surface area contributed by atoms with E-state index in [0.717, 1.165) is 40.7 Å². The summed E-state index contributed by atoms with van der Waals surface area (Å²) < 4.78 is 41.8. The molecule has 0 aliphatic carbocycles. The monoisotopic (exact) mass is 935 g/mol. The Labute approximate surface area is 390 Å². The summed E-state index contributed by atoms with van der Waals surface area (Å²) in [5.74, 6) is -1.71. The minimum absolute atomic E-state index is 0.0183. The molecule has 9 N–H and O–H groups in total. The predicted octanol–water partition coefficient (Wildman–Crippen LogP) is 6.61. The van der Waals surface area contributed by atoms with Crippen molar-refractivity contribution in [3.05, 3.63) is 128 Å². The van der Waals surface area contributed by atoms with E-state index in [0.29, 0.717) is 29.6 Å². The number of nitrogens with one attached hydrogen (secondary N) is 4. The van der Waals surface area contributed by atoms with Crippen molar-refractivity contribution in [2.24, 2.45) is 5.73 Å². The number of aliphatic hydroxyl groups excluding tert-OH is 1. The highest BCUT2D eigenvalue weighted by Gasteiger charge is 2.53. The molecule has 0 saturated carbocycles. The van der Waals surface area contributed by atoms with Gasteiger partial charge in [0.2, 0.25) is 6.29 Å². The number of halogens is 1. The molecule has 2 aliphatic heterocycles. The van der Waals surface area contributed by atoms with Gasteiger partial charge < -0.3 is 65.4 Å². The maximum absolute atomic E-state index is 13.9. The first-order valence-corrected chi connectivity index (χ1v) is 21.7. The van der Waals surface area contributed by atoms with Gasteiger partial charge in [0.05, 0.1) is 16.6 Å².